The number of nitrogens with two attached hydrogens (primary N) is 1. The number of nitrogens with zero attached hydrogens (tertiary/aromatic N) is 2. The lowest BCUT2D eigenvalue weighted by Crippen LogP contribution is -2.35. The summed E-state index contributed by atoms with van der Waals surface area (Å²) in [6, 6.07) is 2.57. The van der Waals surface area contributed by atoms with Crippen LogP contribution in [0.2, 0.25) is 0 Å². The molecule has 2 aromatic heterocycles. The lowest BCUT2D eigenvalue weighted by atomic mass is 9.93. The van der Waals surface area contributed by atoms with Crippen LogP contribution in [0.3, 0.4) is 0 Å². The number of rotatable bonds is 6. The molecule has 128 valence electrons. The SMILES string of the molecule is NC(=O)c1csc(CN(Cc2nccs2)C2CC23CCNCC3)c1. The number of primary amides is 1. The maximum Gasteiger partial charge on any atom is 0.249 e. The molecule has 0 bridgehead atoms. The number of amides is 1. The van der Waals surface area contributed by atoms with Gasteiger partial charge in [0.1, 0.15) is 5.01 Å². The number of thiophene rings is 1. The van der Waals surface area contributed by atoms with Crippen molar-refractivity contribution < 1.29 is 4.79 Å². The van der Waals surface area contributed by atoms with E-state index in [-0.39, 0.29) is 5.91 Å². The van der Waals surface area contributed by atoms with Crippen molar-refractivity contribution in [3.8, 4) is 0 Å². The van der Waals surface area contributed by atoms with E-state index in [1.54, 1.807) is 22.7 Å². The predicted octanol–water partition coefficient (Wildman–Crippen LogP) is 2.45. The highest BCUT2D eigenvalue weighted by molar-refractivity contribution is 7.10. The fraction of sp³-hybridized carbons (Fsp3) is 0.529. The Morgan fingerprint density at radius 3 is 2.88 bits per heavy atom. The zero-order valence-corrected chi connectivity index (χ0v) is 15.2. The highest BCUT2D eigenvalue weighted by Crippen LogP contribution is 2.56. The summed E-state index contributed by atoms with van der Waals surface area (Å²) in [5.41, 5.74) is 6.50. The van der Waals surface area contributed by atoms with Gasteiger partial charge in [0.2, 0.25) is 5.91 Å². The van der Waals surface area contributed by atoms with Gasteiger partial charge in [-0.15, -0.1) is 22.7 Å². The Bertz CT molecular complexity index is 706. The van der Waals surface area contributed by atoms with Crippen molar-refractivity contribution in [3.05, 3.63) is 38.5 Å². The molecule has 5 nitrogen and oxygen atoms in total. The normalized spacial score (nSPS) is 22.1. The van der Waals surface area contributed by atoms with Gasteiger partial charge in [0, 0.05) is 34.4 Å². The second-order valence-corrected chi connectivity index (χ2v) is 8.80. The zero-order valence-electron chi connectivity index (χ0n) is 13.5. The Labute approximate surface area is 149 Å². The molecule has 3 N–H and O–H groups in total. The highest BCUT2D eigenvalue weighted by Gasteiger charge is 2.56. The van der Waals surface area contributed by atoms with Gasteiger partial charge in [-0.2, -0.15) is 0 Å². The molecule has 1 aliphatic carbocycles. The van der Waals surface area contributed by atoms with Crippen LogP contribution >= 0.6 is 22.7 Å². The Morgan fingerprint density at radius 1 is 1.38 bits per heavy atom. The third-order valence-corrected chi connectivity index (χ3v) is 6.99. The van der Waals surface area contributed by atoms with E-state index in [2.05, 4.69) is 15.2 Å². The summed E-state index contributed by atoms with van der Waals surface area (Å²) in [7, 11) is 0. The topological polar surface area (TPSA) is 71.2 Å². The molecule has 2 aliphatic rings. The third-order valence-electron chi connectivity index (χ3n) is 5.31. The average molecular weight is 363 g/mol. The molecule has 0 aromatic carbocycles. The van der Waals surface area contributed by atoms with Gasteiger partial charge in [-0.25, -0.2) is 4.98 Å². The van der Waals surface area contributed by atoms with E-state index in [0.717, 1.165) is 31.2 Å². The number of aromatic nitrogens is 1. The van der Waals surface area contributed by atoms with Gasteiger partial charge in [0.25, 0.3) is 0 Å². The molecule has 1 aliphatic heterocycles. The predicted molar refractivity (Wildman–Crippen MR) is 97.1 cm³/mol. The van der Waals surface area contributed by atoms with Crippen molar-refractivity contribution in [3.63, 3.8) is 0 Å². The number of piperidine rings is 1. The molecule has 1 saturated carbocycles. The maximum absolute atomic E-state index is 11.3. The summed E-state index contributed by atoms with van der Waals surface area (Å²) in [4.78, 5) is 19.6. The Hall–Kier alpha value is -1.28. The summed E-state index contributed by atoms with van der Waals surface area (Å²) < 4.78 is 0. The summed E-state index contributed by atoms with van der Waals surface area (Å²) in [6.07, 6.45) is 5.70. The van der Waals surface area contributed by atoms with Crippen LogP contribution in [-0.4, -0.2) is 34.9 Å². The number of thiazole rings is 1. The van der Waals surface area contributed by atoms with Crippen molar-refractivity contribution in [2.24, 2.45) is 11.1 Å². The van der Waals surface area contributed by atoms with Gasteiger partial charge in [0.15, 0.2) is 0 Å². The second-order valence-electron chi connectivity index (χ2n) is 6.83. The van der Waals surface area contributed by atoms with Gasteiger partial charge in [-0.1, -0.05) is 0 Å². The number of hydrogen-bond donors (Lipinski definition) is 2. The van der Waals surface area contributed by atoms with Crippen molar-refractivity contribution >= 4 is 28.6 Å². The summed E-state index contributed by atoms with van der Waals surface area (Å²) in [6.45, 7) is 4.03. The fourth-order valence-electron chi connectivity index (χ4n) is 3.88. The summed E-state index contributed by atoms with van der Waals surface area (Å²) >= 11 is 3.34. The third kappa shape index (κ3) is 3.26. The van der Waals surface area contributed by atoms with Gasteiger partial charge in [-0.05, 0) is 43.8 Å². The first-order valence-electron chi connectivity index (χ1n) is 8.37. The molecule has 4 rings (SSSR count). The largest absolute Gasteiger partial charge is 0.366 e. The van der Waals surface area contributed by atoms with E-state index in [0.29, 0.717) is 17.0 Å². The first-order chi connectivity index (χ1) is 11.7. The van der Waals surface area contributed by atoms with Crippen molar-refractivity contribution in [2.45, 2.75) is 38.4 Å². The Morgan fingerprint density at radius 2 is 2.21 bits per heavy atom. The molecule has 1 saturated heterocycles. The van der Waals surface area contributed by atoms with Crippen LogP contribution < -0.4 is 11.1 Å². The van der Waals surface area contributed by atoms with Crippen LogP contribution in [0.25, 0.3) is 0 Å². The van der Waals surface area contributed by atoms with Crippen molar-refractivity contribution in [2.75, 3.05) is 13.1 Å². The zero-order chi connectivity index (χ0) is 16.6. The molecule has 24 heavy (non-hydrogen) atoms. The van der Waals surface area contributed by atoms with E-state index in [4.69, 9.17) is 5.73 Å². The maximum atomic E-state index is 11.3. The minimum atomic E-state index is -0.342. The van der Waals surface area contributed by atoms with E-state index in [1.807, 2.05) is 23.0 Å². The Balaban J connectivity index is 1.51. The lowest BCUT2D eigenvalue weighted by Gasteiger charge is -2.28. The fourth-order valence-corrected chi connectivity index (χ4v) is 5.42. The minimum absolute atomic E-state index is 0.342. The van der Waals surface area contributed by atoms with Crippen LogP contribution in [0.4, 0.5) is 0 Å². The number of hydrogen-bond acceptors (Lipinski definition) is 6. The van der Waals surface area contributed by atoms with E-state index < -0.39 is 0 Å². The number of nitrogens with one attached hydrogen (secondary N) is 1. The molecule has 1 unspecified atom stereocenters. The monoisotopic (exact) mass is 362 g/mol. The molecule has 2 aromatic rings. The van der Waals surface area contributed by atoms with Gasteiger partial charge in [-0.3, -0.25) is 9.69 Å². The van der Waals surface area contributed by atoms with Crippen LogP contribution in [0.5, 0.6) is 0 Å². The van der Waals surface area contributed by atoms with Crippen LogP contribution in [0.15, 0.2) is 23.0 Å². The lowest BCUT2D eigenvalue weighted by molar-refractivity contribution is 0.100. The smallest absolute Gasteiger partial charge is 0.249 e. The van der Waals surface area contributed by atoms with Crippen LogP contribution in [-0.2, 0) is 13.1 Å². The summed E-state index contributed by atoms with van der Waals surface area (Å²) in [5, 5.41) is 8.54. The second kappa shape index (κ2) is 6.55. The highest BCUT2D eigenvalue weighted by atomic mass is 32.1. The molecule has 2 fully saturated rings. The number of carbonyl (C=O) groups excluding carboxylic acids is 1. The van der Waals surface area contributed by atoms with Gasteiger partial charge in [0.05, 0.1) is 12.1 Å². The molecular formula is C17H22N4OS2. The average Bonchev–Trinajstić information content (AvgIpc) is 3.00. The first-order valence-corrected chi connectivity index (χ1v) is 10.1. The molecule has 1 atom stereocenters. The van der Waals surface area contributed by atoms with E-state index in [1.165, 1.54) is 24.1 Å². The Kier molecular flexibility index (Phi) is 4.42. The molecule has 0 radical (unpaired) electrons. The molecule has 3 heterocycles. The molecular weight excluding hydrogens is 340 g/mol. The van der Waals surface area contributed by atoms with Gasteiger partial charge < -0.3 is 11.1 Å². The van der Waals surface area contributed by atoms with Gasteiger partial charge >= 0.3 is 0 Å². The number of carbonyl (C=O) groups is 1. The standard InChI is InChI=1S/C17H22N4OS2/c18-16(22)12-7-13(24-11-12)9-21(10-15-20-5-6-23-15)14-8-17(14)1-3-19-4-2-17/h5-7,11,14,19H,1-4,8-10H2,(H2,18,22). The summed E-state index contributed by atoms with van der Waals surface area (Å²) in [5.74, 6) is -0.342. The van der Waals surface area contributed by atoms with Crippen molar-refractivity contribution in [1.29, 1.82) is 0 Å². The van der Waals surface area contributed by atoms with Crippen molar-refractivity contribution in [1.82, 2.24) is 15.2 Å². The van der Waals surface area contributed by atoms with E-state index in [9.17, 15) is 4.79 Å². The molecule has 1 spiro atoms. The van der Waals surface area contributed by atoms with E-state index >= 15 is 0 Å². The first kappa shape index (κ1) is 16.2. The molecule has 7 heteroatoms. The molecule has 1 amide bonds. The van der Waals surface area contributed by atoms with Crippen LogP contribution in [0, 0.1) is 5.41 Å². The quantitative estimate of drug-likeness (QED) is 0.828. The minimum Gasteiger partial charge on any atom is -0.366 e. The van der Waals surface area contributed by atoms with Crippen LogP contribution in [0.1, 0.15) is 39.5 Å².